The van der Waals surface area contributed by atoms with E-state index in [1.54, 1.807) is 0 Å². The zero-order valence-electron chi connectivity index (χ0n) is 16.2. The van der Waals surface area contributed by atoms with E-state index in [4.69, 9.17) is 4.42 Å². The molecule has 1 saturated heterocycles. The Hall–Kier alpha value is -3.18. The Morgan fingerprint density at radius 1 is 1.07 bits per heavy atom. The van der Waals surface area contributed by atoms with Crippen LogP contribution in [0, 0.1) is 0 Å². The number of oxazole rings is 1. The van der Waals surface area contributed by atoms with Crippen molar-refractivity contribution >= 4 is 11.1 Å². The van der Waals surface area contributed by atoms with E-state index in [9.17, 15) is 4.79 Å². The molecule has 1 aliphatic rings. The molecule has 2 aromatic heterocycles. The predicted octanol–water partition coefficient (Wildman–Crippen LogP) is 4.56. The van der Waals surface area contributed by atoms with Crippen molar-refractivity contribution in [2.75, 3.05) is 13.1 Å². The number of H-pyrrole nitrogens is 1. The lowest BCUT2D eigenvalue weighted by Crippen LogP contribution is -2.34. The number of aromatic nitrogens is 2. The van der Waals surface area contributed by atoms with Crippen LogP contribution < -0.4 is 5.76 Å². The van der Waals surface area contributed by atoms with Crippen molar-refractivity contribution in [3.05, 3.63) is 88.7 Å². The highest BCUT2D eigenvalue weighted by molar-refractivity contribution is 5.76. The number of nitrogens with one attached hydrogen (secondary N) is 1. The fraction of sp³-hybridized carbons (Fsp3) is 0.250. The average molecular weight is 385 g/mol. The predicted molar refractivity (Wildman–Crippen MR) is 114 cm³/mol. The van der Waals surface area contributed by atoms with Gasteiger partial charge in [0.15, 0.2) is 5.58 Å². The number of piperidine rings is 1. The van der Waals surface area contributed by atoms with Gasteiger partial charge in [-0.3, -0.25) is 14.9 Å². The second-order valence-electron chi connectivity index (χ2n) is 7.76. The first kappa shape index (κ1) is 17.9. The Morgan fingerprint density at radius 2 is 1.97 bits per heavy atom. The standard InChI is InChI=1S/C24H23N3O2/c28-24-26-22-10-4-9-21(23(22)29-24)19-8-5-11-27(16-19)15-17-12-20(14-25-13-17)18-6-2-1-3-7-18/h1-4,6-7,9-10,12-14,19H,5,8,11,15-16H2,(H,26,28). The topological polar surface area (TPSA) is 62.1 Å². The van der Waals surface area contributed by atoms with E-state index >= 15 is 0 Å². The summed E-state index contributed by atoms with van der Waals surface area (Å²) in [6.45, 7) is 2.89. The van der Waals surface area contributed by atoms with E-state index in [1.165, 1.54) is 11.1 Å². The normalized spacial score (nSPS) is 17.6. The lowest BCUT2D eigenvalue weighted by atomic mass is 9.90. The largest absolute Gasteiger partial charge is 0.417 e. The molecule has 5 nitrogen and oxygen atoms in total. The van der Waals surface area contributed by atoms with Crippen molar-refractivity contribution in [3.63, 3.8) is 0 Å². The summed E-state index contributed by atoms with van der Waals surface area (Å²) in [5.41, 5.74) is 6.17. The van der Waals surface area contributed by atoms with E-state index < -0.39 is 0 Å². The summed E-state index contributed by atoms with van der Waals surface area (Å²) in [6, 6.07) is 18.6. The number of hydrogen-bond acceptors (Lipinski definition) is 4. The summed E-state index contributed by atoms with van der Waals surface area (Å²) in [4.78, 5) is 21.3. The number of aromatic amines is 1. The maximum atomic E-state index is 11.6. The van der Waals surface area contributed by atoms with Crippen LogP contribution in [-0.2, 0) is 6.54 Å². The summed E-state index contributed by atoms with van der Waals surface area (Å²) >= 11 is 0. The van der Waals surface area contributed by atoms with E-state index in [1.807, 2.05) is 30.6 Å². The molecular weight excluding hydrogens is 362 g/mol. The quantitative estimate of drug-likeness (QED) is 0.559. The van der Waals surface area contributed by atoms with Crippen molar-refractivity contribution in [1.29, 1.82) is 0 Å². The number of nitrogens with zero attached hydrogens (tertiary/aromatic N) is 2. The number of benzene rings is 2. The van der Waals surface area contributed by atoms with Crippen molar-refractivity contribution in [1.82, 2.24) is 14.9 Å². The molecule has 1 aliphatic heterocycles. The van der Waals surface area contributed by atoms with Crippen LogP contribution in [0.1, 0.15) is 29.9 Å². The van der Waals surface area contributed by atoms with Gasteiger partial charge in [-0.2, -0.15) is 0 Å². The smallest absolute Gasteiger partial charge is 0.408 e. The summed E-state index contributed by atoms with van der Waals surface area (Å²) < 4.78 is 5.43. The second-order valence-corrected chi connectivity index (χ2v) is 7.76. The van der Waals surface area contributed by atoms with Crippen LogP contribution in [0.3, 0.4) is 0 Å². The summed E-state index contributed by atoms with van der Waals surface area (Å²) in [5, 5.41) is 0. The minimum Gasteiger partial charge on any atom is -0.408 e. The number of rotatable bonds is 4. The van der Waals surface area contributed by atoms with Gasteiger partial charge in [0.2, 0.25) is 0 Å². The van der Waals surface area contributed by atoms with Gasteiger partial charge in [-0.1, -0.05) is 42.5 Å². The van der Waals surface area contributed by atoms with Crippen molar-refractivity contribution in [2.24, 2.45) is 0 Å². The molecule has 1 N–H and O–H groups in total. The first-order chi connectivity index (χ1) is 14.3. The number of fused-ring (bicyclic) bond motifs is 1. The first-order valence-corrected chi connectivity index (χ1v) is 10.1. The summed E-state index contributed by atoms with van der Waals surface area (Å²) in [5.74, 6) is -0.0272. The zero-order valence-corrected chi connectivity index (χ0v) is 16.2. The first-order valence-electron chi connectivity index (χ1n) is 10.1. The summed E-state index contributed by atoms with van der Waals surface area (Å²) in [7, 11) is 0. The second kappa shape index (κ2) is 7.68. The molecule has 1 fully saturated rings. The molecule has 146 valence electrons. The number of likely N-dealkylation sites (tertiary alicyclic amines) is 1. The van der Waals surface area contributed by atoms with Crippen LogP contribution >= 0.6 is 0 Å². The van der Waals surface area contributed by atoms with Crippen LogP contribution in [0.4, 0.5) is 0 Å². The molecule has 29 heavy (non-hydrogen) atoms. The van der Waals surface area contributed by atoms with Gasteiger partial charge in [0.25, 0.3) is 0 Å². The average Bonchev–Trinajstić information content (AvgIpc) is 3.15. The molecule has 1 unspecified atom stereocenters. The van der Waals surface area contributed by atoms with Gasteiger partial charge in [0.05, 0.1) is 5.52 Å². The van der Waals surface area contributed by atoms with E-state index in [2.05, 4.69) is 51.3 Å². The number of para-hydroxylation sites is 1. The van der Waals surface area contributed by atoms with Crippen LogP contribution in [0.5, 0.6) is 0 Å². The number of hydrogen-bond donors (Lipinski definition) is 1. The molecule has 4 aromatic rings. The van der Waals surface area contributed by atoms with Gasteiger partial charge >= 0.3 is 5.76 Å². The van der Waals surface area contributed by atoms with Crippen LogP contribution in [-0.4, -0.2) is 28.0 Å². The SMILES string of the molecule is O=c1[nH]c2cccc(C3CCCN(Cc4cncc(-c5ccccc5)c4)C3)c2o1. The fourth-order valence-electron chi connectivity index (χ4n) is 4.39. The third-order valence-electron chi connectivity index (χ3n) is 5.73. The van der Waals surface area contributed by atoms with Crippen molar-refractivity contribution in [2.45, 2.75) is 25.3 Å². The van der Waals surface area contributed by atoms with Gasteiger partial charge in [-0.05, 0) is 42.6 Å². The molecule has 0 aliphatic carbocycles. The zero-order chi connectivity index (χ0) is 19.6. The molecule has 5 heteroatoms. The Bertz CT molecular complexity index is 1180. The maximum absolute atomic E-state index is 11.6. The number of pyridine rings is 1. The summed E-state index contributed by atoms with van der Waals surface area (Å²) in [6.07, 6.45) is 6.11. The highest BCUT2D eigenvalue weighted by atomic mass is 16.4. The third-order valence-corrected chi connectivity index (χ3v) is 5.73. The Labute approximate surface area is 169 Å². The Kier molecular flexibility index (Phi) is 4.74. The molecule has 3 heterocycles. The van der Waals surface area contributed by atoms with Gasteiger partial charge in [-0.15, -0.1) is 0 Å². The van der Waals surface area contributed by atoms with Crippen LogP contribution in [0.2, 0.25) is 0 Å². The highest BCUT2D eigenvalue weighted by Crippen LogP contribution is 2.32. The maximum Gasteiger partial charge on any atom is 0.417 e. The molecule has 0 saturated carbocycles. The van der Waals surface area contributed by atoms with Crippen molar-refractivity contribution < 1.29 is 4.42 Å². The Balaban J connectivity index is 1.36. The lowest BCUT2D eigenvalue weighted by Gasteiger charge is -2.33. The molecular formula is C24H23N3O2. The third kappa shape index (κ3) is 3.74. The highest BCUT2D eigenvalue weighted by Gasteiger charge is 2.24. The van der Waals surface area contributed by atoms with E-state index in [-0.39, 0.29) is 5.76 Å². The van der Waals surface area contributed by atoms with Crippen molar-refractivity contribution in [3.8, 4) is 11.1 Å². The monoisotopic (exact) mass is 385 g/mol. The molecule has 0 spiro atoms. The van der Waals surface area contributed by atoms with Gasteiger partial charge in [-0.25, -0.2) is 4.79 Å². The molecule has 2 aromatic carbocycles. The van der Waals surface area contributed by atoms with E-state index in [0.717, 1.165) is 49.1 Å². The molecule has 1 atom stereocenters. The minimum absolute atomic E-state index is 0.358. The van der Waals surface area contributed by atoms with Gasteiger partial charge < -0.3 is 4.42 Å². The fourth-order valence-corrected chi connectivity index (χ4v) is 4.39. The van der Waals surface area contributed by atoms with Gasteiger partial charge in [0.1, 0.15) is 0 Å². The molecule has 0 amide bonds. The van der Waals surface area contributed by atoms with Crippen LogP contribution in [0.25, 0.3) is 22.2 Å². The van der Waals surface area contributed by atoms with E-state index in [0.29, 0.717) is 11.5 Å². The van der Waals surface area contributed by atoms with Crippen LogP contribution in [0.15, 0.2) is 76.2 Å². The minimum atomic E-state index is -0.385. The molecule has 5 rings (SSSR count). The lowest BCUT2D eigenvalue weighted by molar-refractivity contribution is 0.200. The molecule has 0 bridgehead atoms. The molecule has 0 radical (unpaired) electrons. The Morgan fingerprint density at radius 3 is 2.86 bits per heavy atom. The van der Waals surface area contributed by atoms with Gasteiger partial charge in [0, 0.05) is 42.5 Å².